The molecule has 0 saturated carbocycles. The highest BCUT2D eigenvalue weighted by molar-refractivity contribution is 6.76. The predicted molar refractivity (Wildman–Crippen MR) is 68.6 cm³/mol. The maximum atomic E-state index is 5.48. The summed E-state index contributed by atoms with van der Waals surface area (Å²) >= 11 is 0. The fourth-order valence-electron chi connectivity index (χ4n) is 1.14. The van der Waals surface area contributed by atoms with E-state index in [1.807, 2.05) is 13.0 Å². The van der Waals surface area contributed by atoms with Crippen molar-refractivity contribution in [1.82, 2.24) is 4.98 Å². The van der Waals surface area contributed by atoms with Crippen LogP contribution in [-0.2, 0) is 4.74 Å². The summed E-state index contributed by atoms with van der Waals surface area (Å²) in [5.41, 5.74) is 1.09. The molecule has 0 aliphatic rings. The Bertz CT molecular complexity index is 323. The van der Waals surface area contributed by atoms with Gasteiger partial charge >= 0.3 is 0 Å². The molecule has 1 rings (SSSR count). The third kappa shape index (κ3) is 5.28. The van der Waals surface area contributed by atoms with Crippen LogP contribution in [0.2, 0.25) is 25.7 Å². The van der Waals surface area contributed by atoms with Gasteiger partial charge in [0.2, 0.25) is 0 Å². The van der Waals surface area contributed by atoms with Crippen LogP contribution in [0.3, 0.4) is 0 Å². The smallest absolute Gasteiger partial charge is 0.189 e. The Morgan fingerprint density at radius 2 is 2.06 bits per heavy atom. The van der Waals surface area contributed by atoms with Crippen LogP contribution in [0.5, 0.6) is 5.75 Å². The molecule has 0 atom stereocenters. The molecule has 0 N–H and O–H groups in total. The average molecular weight is 239 g/mol. The quantitative estimate of drug-likeness (QED) is 0.434. The lowest BCUT2D eigenvalue weighted by Crippen LogP contribution is -2.22. The molecular formula is C12H21NO2Si. The maximum absolute atomic E-state index is 5.48. The highest BCUT2D eigenvalue weighted by atomic mass is 28.3. The monoisotopic (exact) mass is 239 g/mol. The number of pyridine rings is 1. The minimum absolute atomic E-state index is 0.316. The maximum Gasteiger partial charge on any atom is 0.189 e. The number of aryl methyl sites for hydroxylation is 1. The van der Waals surface area contributed by atoms with Crippen molar-refractivity contribution in [3.05, 3.63) is 24.0 Å². The lowest BCUT2D eigenvalue weighted by Gasteiger charge is -2.15. The molecule has 0 amide bonds. The Morgan fingerprint density at radius 3 is 2.69 bits per heavy atom. The Labute approximate surface area is 98.8 Å². The number of hydrogen-bond acceptors (Lipinski definition) is 3. The largest absolute Gasteiger partial charge is 0.466 e. The summed E-state index contributed by atoms with van der Waals surface area (Å²) in [5, 5.41) is 0. The lowest BCUT2D eigenvalue weighted by atomic mass is 10.3. The highest BCUT2D eigenvalue weighted by Crippen LogP contribution is 2.14. The van der Waals surface area contributed by atoms with Crippen molar-refractivity contribution in [3.8, 4) is 5.75 Å². The SMILES string of the molecule is Cc1ccncc1OCOCC[Si](C)(C)C. The third-order valence-corrected chi connectivity index (χ3v) is 3.99. The Balaban J connectivity index is 2.19. The van der Waals surface area contributed by atoms with Gasteiger partial charge < -0.3 is 9.47 Å². The first-order valence-corrected chi connectivity index (χ1v) is 9.31. The predicted octanol–water partition coefficient (Wildman–Crippen LogP) is 3.08. The van der Waals surface area contributed by atoms with Crippen LogP contribution < -0.4 is 4.74 Å². The van der Waals surface area contributed by atoms with Crippen LogP contribution in [0.25, 0.3) is 0 Å². The summed E-state index contributed by atoms with van der Waals surface area (Å²) in [4.78, 5) is 4.01. The molecule has 0 fully saturated rings. The first-order valence-electron chi connectivity index (χ1n) is 5.60. The highest BCUT2D eigenvalue weighted by Gasteiger charge is 2.11. The van der Waals surface area contributed by atoms with Crippen molar-refractivity contribution in [2.24, 2.45) is 0 Å². The number of aromatic nitrogens is 1. The van der Waals surface area contributed by atoms with Gasteiger partial charge in [-0.05, 0) is 24.6 Å². The van der Waals surface area contributed by atoms with Crippen molar-refractivity contribution in [1.29, 1.82) is 0 Å². The van der Waals surface area contributed by atoms with E-state index >= 15 is 0 Å². The molecule has 0 radical (unpaired) electrons. The number of hydrogen-bond donors (Lipinski definition) is 0. The van der Waals surface area contributed by atoms with Crippen LogP contribution >= 0.6 is 0 Å². The molecule has 1 heterocycles. The van der Waals surface area contributed by atoms with Crippen LogP contribution in [0.15, 0.2) is 18.5 Å². The van der Waals surface area contributed by atoms with Gasteiger partial charge in [0.05, 0.1) is 6.20 Å². The van der Waals surface area contributed by atoms with Gasteiger partial charge in [-0.3, -0.25) is 4.98 Å². The van der Waals surface area contributed by atoms with Gasteiger partial charge in [0.1, 0.15) is 5.75 Å². The van der Waals surface area contributed by atoms with Crippen molar-refractivity contribution in [3.63, 3.8) is 0 Å². The van der Waals surface area contributed by atoms with Gasteiger partial charge in [0.25, 0.3) is 0 Å². The summed E-state index contributed by atoms with van der Waals surface area (Å²) in [6.07, 6.45) is 3.48. The molecule has 0 bridgehead atoms. The fourth-order valence-corrected chi connectivity index (χ4v) is 1.90. The molecule has 0 aliphatic heterocycles. The molecule has 1 aromatic heterocycles. The number of ether oxygens (including phenoxy) is 2. The van der Waals surface area contributed by atoms with E-state index < -0.39 is 8.07 Å². The minimum Gasteiger partial charge on any atom is -0.466 e. The number of rotatable bonds is 6. The van der Waals surface area contributed by atoms with Crippen molar-refractivity contribution < 1.29 is 9.47 Å². The summed E-state index contributed by atoms with van der Waals surface area (Å²) in [6, 6.07) is 3.10. The second kappa shape index (κ2) is 6.01. The summed E-state index contributed by atoms with van der Waals surface area (Å²) in [7, 11) is -0.990. The minimum atomic E-state index is -0.990. The first-order chi connectivity index (χ1) is 7.49. The molecule has 0 aliphatic carbocycles. The lowest BCUT2D eigenvalue weighted by molar-refractivity contribution is 0.0214. The summed E-state index contributed by atoms with van der Waals surface area (Å²) in [5.74, 6) is 0.801. The van der Waals surface area contributed by atoms with Gasteiger partial charge in [0, 0.05) is 20.9 Å². The van der Waals surface area contributed by atoms with Gasteiger partial charge in [-0.1, -0.05) is 19.6 Å². The molecule has 0 aromatic carbocycles. The first kappa shape index (κ1) is 13.2. The fraction of sp³-hybridized carbons (Fsp3) is 0.583. The molecule has 16 heavy (non-hydrogen) atoms. The van der Waals surface area contributed by atoms with Crippen LogP contribution in [0.4, 0.5) is 0 Å². The molecule has 3 nitrogen and oxygen atoms in total. The van der Waals surface area contributed by atoms with E-state index in [0.717, 1.165) is 17.9 Å². The van der Waals surface area contributed by atoms with Gasteiger partial charge in [0.15, 0.2) is 6.79 Å². The second-order valence-electron chi connectivity index (χ2n) is 5.12. The molecule has 4 heteroatoms. The molecular weight excluding hydrogens is 218 g/mol. The van der Waals surface area contributed by atoms with Crippen molar-refractivity contribution >= 4 is 8.07 Å². The molecule has 0 spiro atoms. The Hall–Kier alpha value is -0.873. The number of nitrogens with zero attached hydrogens (tertiary/aromatic N) is 1. The zero-order valence-electron chi connectivity index (χ0n) is 10.6. The van der Waals surface area contributed by atoms with Gasteiger partial charge in [-0.25, -0.2) is 0 Å². The summed E-state index contributed by atoms with van der Waals surface area (Å²) in [6.45, 7) is 10.1. The summed E-state index contributed by atoms with van der Waals surface area (Å²) < 4.78 is 10.9. The van der Waals surface area contributed by atoms with E-state index in [2.05, 4.69) is 24.6 Å². The van der Waals surface area contributed by atoms with Gasteiger partial charge in [-0.2, -0.15) is 0 Å². The average Bonchev–Trinajstić information content (AvgIpc) is 2.18. The van der Waals surface area contributed by atoms with Crippen LogP contribution in [0, 0.1) is 6.92 Å². The Kier molecular flexibility index (Phi) is 4.95. The normalized spacial score (nSPS) is 11.5. The zero-order valence-corrected chi connectivity index (χ0v) is 11.6. The van der Waals surface area contributed by atoms with Crippen molar-refractivity contribution in [2.45, 2.75) is 32.6 Å². The van der Waals surface area contributed by atoms with Crippen molar-refractivity contribution in [2.75, 3.05) is 13.4 Å². The van der Waals surface area contributed by atoms with E-state index in [9.17, 15) is 0 Å². The van der Waals surface area contributed by atoms with Crippen LogP contribution in [-0.4, -0.2) is 26.5 Å². The second-order valence-corrected chi connectivity index (χ2v) is 10.7. The molecule has 90 valence electrons. The van der Waals surface area contributed by atoms with E-state index in [-0.39, 0.29) is 0 Å². The third-order valence-electron chi connectivity index (χ3n) is 2.29. The standard InChI is InChI=1S/C12H21NO2Si/c1-11-5-6-13-9-12(11)15-10-14-7-8-16(2,3)4/h5-6,9H,7-8,10H2,1-4H3. The zero-order chi connectivity index (χ0) is 12.0. The van der Waals surface area contributed by atoms with Gasteiger partial charge in [-0.15, -0.1) is 0 Å². The van der Waals surface area contributed by atoms with E-state index in [4.69, 9.17) is 9.47 Å². The van der Waals surface area contributed by atoms with E-state index in [1.165, 1.54) is 6.04 Å². The van der Waals surface area contributed by atoms with E-state index in [0.29, 0.717) is 6.79 Å². The molecule has 0 unspecified atom stereocenters. The molecule has 1 aromatic rings. The van der Waals surface area contributed by atoms with Crippen LogP contribution in [0.1, 0.15) is 5.56 Å². The van der Waals surface area contributed by atoms with E-state index in [1.54, 1.807) is 12.4 Å². The topological polar surface area (TPSA) is 31.4 Å². The molecule has 0 saturated heterocycles. The Morgan fingerprint density at radius 1 is 1.31 bits per heavy atom.